The van der Waals surface area contributed by atoms with E-state index < -0.39 is 0 Å². The number of halogens is 1. The fourth-order valence-corrected chi connectivity index (χ4v) is 4.12. The zero-order valence-corrected chi connectivity index (χ0v) is 15.6. The Morgan fingerprint density at radius 3 is 2.12 bits per heavy atom. The van der Waals surface area contributed by atoms with Crippen molar-refractivity contribution in [3.63, 3.8) is 0 Å². The van der Waals surface area contributed by atoms with E-state index in [1.54, 1.807) is 23.5 Å². The van der Waals surface area contributed by atoms with Crippen molar-refractivity contribution in [3.05, 3.63) is 59.7 Å². The summed E-state index contributed by atoms with van der Waals surface area (Å²) in [6.45, 7) is 4.05. The van der Waals surface area contributed by atoms with Gasteiger partial charge in [0.25, 0.3) is 0 Å². The third-order valence-corrected chi connectivity index (χ3v) is 5.93. The lowest BCUT2D eigenvalue weighted by molar-refractivity contribution is 0.364. The van der Waals surface area contributed by atoms with Gasteiger partial charge in [-0.1, -0.05) is 36.4 Å². The van der Waals surface area contributed by atoms with Crippen molar-refractivity contribution in [3.8, 4) is 22.4 Å². The molecule has 5 heteroatoms. The number of benzene rings is 2. The summed E-state index contributed by atoms with van der Waals surface area (Å²) in [6.07, 6.45) is 1.99. The number of rotatable bonds is 3. The van der Waals surface area contributed by atoms with Crippen molar-refractivity contribution >= 4 is 16.5 Å². The van der Waals surface area contributed by atoms with Crippen molar-refractivity contribution < 1.29 is 4.39 Å². The van der Waals surface area contributed by atoms with Crippen molar-refractivity contribution in [2.45, 2.75) is 25.3 Å². The van der Waals surface area contributed by atoms with Crippen LogP contribution in [-0.2, 0) is 0 Å². The van der Waals surface area contributed by atoms with Gasteiger partial charge in [0.15, 0.2) is 5.13 Å². The summed E-state index contributed by atoms with van der Waals surface area (Å²) >= 11 is 1.69. The molecule has 0 aliphatic carbocycles. The zero-order valence-electron chi connectivity index (χ0n) is 14.8. The van der Waals surface area contributed by atoms with E-state index in [0.717, 1.165) is 53.4 Å². The number of aromatic nitrogens is 1. The van der Waals surface area contributed by atoms with Gasteiger partial charge in [-0.2, -0.15) is 0 Å². The second kappa shape index (κ2) is 6.82. The van der Waals surface area contributed by atoms with Gasteiger partial charge in [-0.05, 0) is 43.0 Å². The molecule has 0 bridgehead atoms. The van der Waals surface area contributed by atoms with Crippen LogP contribution in [0.4, 0.5) is 9.52 Å². The molecule has 3 nitrogen and oxygen atoms in total. The molecule has 0 saturated carbocycles. The summed E-state index contributed by atoms with van der Waals surface area (Å²) in [5, 5.41) is 3.18. The molecule has 0 unspecified atom stereocenters. The minimum atomic E-state index is -0.215. The Morgan fingerprint density at radius 1 is 0.962 bits per heavy atom. The van der Waals surface area contributed by atoms with Crippen LogP contribution < -0.4 is 10.6 Å². The lowest BCUT2D eigenvalue weighted by atomic mass is 9.91. The number of hydrogen-bond acceptors (Lipinski definition) is 4. The first-order valence-corrected chi connectivity index (χ1v) is 9.74. The molecule has 2 heterocycles. The van der Waals surface area contributed by atoms with Crippen molar-refractivity contribution in [1.29, 1.82) is 0 Å². The van der Waals surface area contributed by atoms with Gasteiger partial charge in [0, 0.05) is 29.6 Å². The third kappa shape index (κ3) is 3.64. The minimum absolute atomic E-state index is 0.0488. The molecule has 0 atom stereocenters. The number of anilines is 1. The quantitative estimate of drug-likeness (QED) is 0.713. The van der Waals surface area contributed by atoms with Crippen LogP contribution in [0.25, 0.3) is 22.4 Å². The van der Waals surface area contributed by atoms with Gasteiger partial charge in [-0.3, -0.25) is 0 Å². The Kier molecular flexibility index (Phi) is 4.51. The molecular formula is C21H22FN3S. The van der Waals surface area contributed by atoms with Gasteiger partial charge in [0.2, 0.25) is 0 Å². The van der Waals surface area contributed by atoms with Gasteiger partial charge in [-0.25, -0.2) is 9.37 Å². The monoisotopic (exact) mass is 367 g/mol. The number of hydrogen-bond donors (Lipinski definition) is 1. The highest BCUT2D eigenvalue weighted by Crippen LogP contribution is 2.31. The lowest BCUT2D eigenvalue weighted by Gasteiger charge is -2.36. The predicted octanol–water partition coefficient (Wildman–Crippen LogP) is 4.93. The fraction of sp³-hybridized carbons (Fsp3) is 0.286. The third-order valence-electron chi connectivity index (χ3n) is 5.03. The number of piperidine rings is 1. The molecule has 0 radical (unpaired) electrons. The molecule has 4 rings (SSSR count). The van der Waals surface area contributed by atoms with E-state index in [1.165, 1.54) is 12.1 Å². The highest BCUT2D eigenvalue weighted by molar-refractivity contribution is 7.14. The average Bonchev–Trinajstić information content (AvgIpc) is 3.13. The summed E-state index contributed by atoms with van der Waals surface area (Å²) in [5.74, 6) is -0.215. The summed E-state index contributed by atoms with van der Waals surface area (Å²) in [4.78, 5) is 7.15. The van der Waals surface area contributed by atoms with E-state index in [2.05, 4.69) is 41.5 Å². The molecule has 26 heavy (non-hydrogen) atoms. The largest absolute Gasteiger partial charge is 0.348 e. The smallest absolute Gasteiger partial charge is 0.185 e. The van der Waals surface area contributed by atoms with Crippen LogP contribution >= 0.6 is 11.3 Å². The molecule has 1 aliphatic heterocycles. The maximum absolute atomic E-state index is 13.1. The molecule has 1 fully saturated rings. The summed E-state index contributed by atoms with van der Waals surface area (Å²) in [5.41, 5.74) is 10.3. The highest BCUT2D eigenvalue weighted by Gasteiger charge is 2.27. The van der Waals surface area contributed by atoms with Gasteiger partial charge in [0.1, 0.15) is 5.82 Å². The normalized spacial score (nSPS) is 16.7. The maximum atomic E-state index is 13.1. The summed E-state index contributed by atoms with van der Waals surface area (Å²) in [6, 6.07) is 14.8. The average molecular weight is 367 g/mol. The number of nitrogens with two attached hydrogens (primary N) is 1. The Hall–Kier alpha value is -2.24. The van der Waals surface area contributed by atoms with E-state index in [4.69, 9.17) is 10.7 Å². The van der Waals surface area contributed by atoms with Crippen LogP contribution in [0.2, 0.25) is 0 Å². The molecule has 2 N–H and O–H groups in total. The summed E-state index contributed by atoms with van der Waals surface area (Å²) < 4.78 is 13.1. The predicted molar refractivity (Wildman–Crippen MR) is 107 cm³/mol. The van der Waals surface area contributed by atoms with E-state index >= 15 is 0 Å². The van der Waals surface area contributed by atoms with Crippen LogP contribution in [0.15, 0.2) is 53.9 Å². The molecule has 2 aromatic carbocycles. The van der Waals surface area contributed by atoms with Crippen molar-refractivity contribution in [2.75, 3.05) is 18.0 Å². The minimum Gasteiger partial charge on any atom is -0.348 e. The Bertz CT molecular complexity index is 874. The van der Waals surface area contributed by atoms with Crippen LogP contribution in [0.5, 0.6) is 0 Å². The first-order valence-electron chi connectivity index (χ1n) is 8.86. The Labute approximate surface area is 157 Å². The van der Waals surface area contributed by atoms with Crippen LogP contribution in [0.1, 0.15) is 19.8 Å². The van der Waals surface area contributed by atoms with Gasteiger partial charge in [-0.15, -0.1) is 11.3 Å². The first-order chi connectivity index (χ1) is 12.5. The topological polar surface area (TPSA) is 42.1 Å². The van der Waals surface area contributed by atoms with E-state index in [0.29, 0.717) is 0 Å². The van der Waals surface area contributed by atoms with E-state index in [1.807, 2.05) is 0 Å². The first kappa shape index (κ1) is 17.2. The SMILES string of the molecule is CC1(N)CCN(c2nc(-c3ccc(-c4ccc(F)cc4)cc3)cs2)CC1. The molecule has 1 aromatic heterocycles. The van der Waals surface area contributed by atoms with Crippen LogP contribution in [0, 0.1) is 5.82 Å². The van der Waals surface area contributed by atoms with Crippen molar-refractivity contribution in [1.82, 2.24) is 4.98 Å². The fourth-order valence-electron chi connectivity index (χ4n) is 3.23. The molecule has 0 spiro atoms. The lowest BCUT2D eigenvalue weighted by Crippen LogP contribution is -2.48. The second-order valence-electron chi connectivity index (χ2n) is 7.24. The molecule has 134 valence electrons. The Morgan fingerprint density at radius 2 is 1.50 bits per heavy atom. The highest BCUT2D eigenvalue weighted by atomic mass is 32.1. The second-order valence-corrected chi connectivity index (χ2v) is 8.08. The van der Waals surface area contributed by atoms with E-state index in [-0.39, 0.29) is 11.4 Å². The number of thiazole rings is 1. The molecule has 3 aromatic rings. The standard InChI is InChI=1S/C21H22FN3S/c1-21(23)10-12-25(13-11-21)20-24-19(14-26-20)17-4-2-15(3-5-17)16-6-8-18(22)9-7-16/h2-9,14H,10-13,23H2,1H3. The van der Waals surface area contributed by atoms with E-state index in [9.17, 15) is 4.39 Å². The Balaban J connectivity index is 1.50. The van der Waals surface area contributed by atoms with Gasteiger partial charge >= 0.3 is 0 Å². The molecule has 0 amide bonds. The molecule has 1 saturated heterocycles. The summed E-state index contributed by atoms with van der Waals surface area (Å²) in [7, 11) is 0. The zero-order chi connectivity index (χ0) is 18.1. The van der Waals surface area contributed by atoms with Gasteiger partial charge in [0.05, 0.1) is 5.69 Å². The van der Waals surface area contributed by atoms with Crippen LogP contribution in [0.3, 0.4) is 0 Å². The molecular weight excluding hydrogens is 345 g/mol. The van der Waals surface area contributed by atoms with Gasteiger partial charge < -0.3 is 10.6 Å². The van der Waals surface area contributed by atoms with Crippen LogP contribution in [-0.4, -0.2) is 23.6 Å². The molecule has 1 aliphatic rings. The van der Waals surface area contributed by atoms with Crippen molar-refractivity contribution in [2.24, 2.45) is 5.73 Å². The maximum Gasteiger partial charge on any atom is 0.185 e. The number of nitrogens with zero attached hydrogens (tertiary/aromatic N) is 2.